The van der Waals surface area contributed by atoms with Crippen molar-refractivity contribution in [2.24, 2.45) is 0 Å². The Balaban J connectivity index is 1.43. The lowest BCUT2D eigenvalue weighted by atomic mass is 10.2. The van der Waals surface area contributed by atoms with Gasteiger partial charge >= 0.3 is 0 Å². The number of hydrogen-bond donors (Lipinski definition) is 1. The molecule has 2 aromatic rings. The molecule has 1 aliphatic rings. The van der Waals surface area contributed by atoms with Crippen molar-refractivity contribution in [1.82, 2.24) is 20.0 Å². The minimum absolute atomic E-state index is 0.0517. The number of carbonyl (C=O) groups is 1. The lowest BCUT2D eigenvalue weighted by Gasteiger charge is -2.26. The van der Waals surface area contributed by atoms with Crippen LogP contribution in [0.1, 0.15) is 6.42 Å². The van der Waals surface area contributed by atoms with E-state index in [0.29, 0.717) is 24.5 Å². The fourth-order valence-corrected chi connectivity index (χ4v) is 2.89. The average Bonchev–Trinajstić information content (AvgIpc) is 2.96. The van der Waals surface area contributed by atoms with Gasteiger partial charge in [0.2, 0.25) is 5.91 Å². The van der Waals surface area contributed by atoms with Gasteiger partial charge in [0.1, 0.15) is 0 Å². The largest absolute Gasteiger partial charge is 0.379 e. The number of morpholine rings is 1. The summed E-state index contributed by atoms with van der Waals surface area (Å²) in [6, 6.07) is 5.65. The van der Waals surface area contributed by atoms with Gasteiger partial charge in [0.15, 0.2) is 0 Å². The van der Waals surface area contributed by atoms with Crippen LogP contribution in [0.4, 0.5) is 0 Å². The van der Waals surface area contributed by atoms with Gasteiger partial charge in [0.05, 0.1) is 31.5 Å². The maximum Gasteiger partial charge on any atom is 0.221 e. The molecule has 23 heavy (non-hydrogen) atoms. The highest BCUT2D eigenvalue weighted by molar-refractivity contribution is 6.31. The summed E-state index contributed by atoms with van der Waals surface area (Å²) in [5.74, 6) is 0.0517. The molecule has 1 aromatic heterocycles. The molecule has 124 valence electrons. The van der Waals surface area contributed by atoms with E-state index in [1.54, 1.807) is 6.20 Å². The molecule has 1 saturated heterocycles. The molecule has 0 saturated carbocycles. The third-order valence-electron chi connectivity index (χ3n) is 4.01. The van der Waals surface area contributed by atoms with Crippen LogP contribution in [0.2, 0.25) is 5.02 Å². The van der Waals surface area contributed by atoms with Gasteiger partial charge in [-0.1, -0.05) is 11.6 Å². The molecule has 0 atom stereocenters. The summed E-state index contributed by atoms with van der Waals surface area (Å²) < 4.78 is 7.14. The zero-order chi connectivity index (χ0) is 16.1. The molecule has 3 rings (SSSR count). The van der Waals surface area contributed by atoms with E-state index in [2.05, 4.69) is 15.3 Å². The van der Waals surface area contributed by atoms with Gasteiger partial charge in [-0.15, -0.1) is 0 Å². The molecular formula is C16H21ClN4O2. The van der Waals surface area contributed by atoms with Gasteiger partial charge in [-0.05, 0) is 18.2 Å². The molecule has 0 bridgehead atoms. The number of amides is 1. The van der Waals surface area contributed by atoms with E-state index in [9.17, 15) is 4.79 Å². The second-order valence-corrected chi connectivity index (χ2v) is 6.06. The highest BCUT2D eigenvalue weighted by atomic mass is 35.5. The van der Waals surface area contributed by atoms with Crippen molar-refractivity contribution < 1.29 is 9.53 Å². The number of aromatic nitrogens is 2. The zero-order valence-corrected chi connectivity index (χ0v) is 13.8. The molecule has 1 aromatic carbocycles. The van der Waals surface area contributed by atoms with E-state index < -0.39 is 0 Å². The molecule has 0 unspecified atom stereocenters. The highest BCUT2D eigenvalue weighted by Crippen LogP contribution is 2.19. The second kappa shape index (κ2) is 7.77. The van der Waals surface area contributed by atoms with E-state index in [4.69, 9.17) is 16.3 Å². The smallest absolute Gasteiger partial charge is 0.221 e. The molecule has 6 nitrogen and oxygen atoms in total. The SMILES string of the molecule is O=C(CCn1ncc2cc(Cl)ccc21)NCCN1CCOCC1. The van der Waals surface area contributed by atoms with E-state index in [1.807, 2.05) is 22.9 Å². The standard InChI is InChI=1S/C16H21ClN4O2/c17-14-1-2-15-13(11-14)12-19-21(15)5-3-16(22)18-4-6-20-7-9-23-10-8-20/h1-2,11-12H,3-10H2,(H,18,22). The summed E-state index contributed by atoms with van der Waals surface area (Å²) in [7, 11) is 0. The number of halogens is 1. The summed E-state index contributed by atoms with van der Waals surface area (Å²) in [5.41, 5.74) is 0.996. The average molecular weight is 337 g/mol. The molecular weight excluding hydrogens is 316 g/mol. The maximum atomic E-state index is 12.0. The van der Waals surface area contributed by atoms with Crippen LogP contribution in [-0.2, 0) is 16.1 Å². The van der Waals surface area contributed by atoms with Gasteiger partial charge in [0.25, 0.3) is 0 Å². The number of benzene rings is 1. The topological polar surface area (TPSA) is 59.4 Å². The van der Waals surface area contributed by atoms with Crippen molar-refractivity contribution >= 4 is 28.4 Å². The lowest BCUT2D eigenvalue weighted by molar-refractivity contribution is -0.121. The van der Waals surface area contributed by atoms with Crippen molar-refractivity contribution in [2.45, 2.75) is 13.0 Å². The van der Waals surface area contributed by atoms with Crippen molar-refractivity contribution in [2.75, 3.05) is 39.4 Å². The number of nitrogens with zero attached hydrogens (tertiary/aromatic N) is 3. The van der Waals surface area contributed by atoms with Crippen molar-refractivity contribution in [1.29, 1.82) is 0 Å². The summed E-state index contributed by atoms with van der Waals surface area (Å²) in [4.78, 5) is 14.3. The van der Waals surface area contributed by atoms with Crippen LogP contribution in [0.15, 0.2) is 24.4 Å². The van der Waals surface area contributed by atoms with Gasteiger partial charge in [-0.3, -0.25) is 14.4 Å². The van der Waals surface area contributed by atoms with Crippen LogP contribution in [0.5, 0.6) is 0 Å². The third-order valence-corrected chi connectivity index (χ3v) is 4.24. The first-order chi connectivity index (χ1) is 11.2. The Morgan fingerprint density at radius 2 is 2.13 bits per heavy atom. The summed E-state index contributed by atoms with van der Waals surface area (Å²) >= 11 is 5.96. The predicted molar refractivity (Wildman–Crippen MR) is 89.6 cm³/mol. The number of aryl methyl sites for hydroxylation is 1. The second-order valence-electron chi connectivity index (χ2n) is 5.62. The number of nitrogens with one attached hydrogen (secondary N) is 1. The van der Waals surface area contributed by atoms with Gasteiger partial charge in [-0.2, -0.15) is 5.10 Å². The Morgan fingerprint density at radius 1 is 1.30 bits per heavy atom. The van der Waals surface area contributed by atoms with E-state index in [0.717, 1.165) is 43.8 Å². The first kappa shape index (κ1) is 16.2. The fourth-order valence-electron chi connectivity index (χ4n) is 2.71. The van der Waals surface area contributed by atoms with Crippen molar-refractivity contribution in [3.8, 4) is 0 Å². The van der Waals surface area contributed by atoms with Crippen LogP contribution in [0, 0.1) is 0 Å². The van der Waals surface area contributed by atoms with Crippen molar-refractivity contribution in [3.05, 3.63) is 29.4 Å². The van der Waals surface area contributed by atoms with Crippen LogP contribution < -0.4 is 5.32 Å². The Labute approximate surface area is 140 Å². The Morgan fingerprint density at radius 3 is 2.96 bits per heavy atom. The molecule has 0 spiro atoms. The zero-order valence-electron chi connectivity index (χ0n) is 13.0. The van der Waals surface area contributed by atoms with Crippen LogP contribution in [0.3, 0.4) is 0 Å². The lowest BCUT2D eigenvalue weighted by Crippen LogP contribution is -2.41. The normalized spacial score (nSPS) is 15.9. The number of hydrogen-bond acceptors (Lipinski definition) is 4. The molecule has 1 N–H and O–H groups in total. The first-order valence-electron chi connectivity index (χ1n) is 7.90. The molecule has 2 heterocycles. The van der Waals surface area contributed by atoms with E-state index in [1.165, 1.54) is 0 Å². The molecule has 1 aliphatic heterocycles. The molecule has 1 fully saturated rings. The Kier molecular flexibility index (Phi) is 5.48. The predicted octanol–water partition coefficient (Wildman–Crippen LogP) is 1.53. The van der Waals surface area contributed by atoms with Crippen LogP contribution >= 0.6 is 11.6 Å². The number of rotatable bonds is 6. The molecule has 0 aliphatic carbocycles. The molecule has 7 heteroatoms. The number of ether oxygens (including phenoxy) is 1. The first-order valence-corrected chi connectivity index (χ1v) is 8.28. The van der Waals surface area contributed by atoms with Crippen LogP contribution in [0.25, 0.3) is 10.9 Å². The minimum atomic E-state index is 0.0517. The Hall–Kier alpha value is -1.63. The quantitative estimate of drug-likeness (QED) is 0.869. The summed E-state index contributed by atoms with van der Waals surface area (Å²) in [6.45, 7) is 5.56. The van der Waals surface area contributed by atoms with Crippen molar-refractivity contribution in [3.63, 3.8) is 0 Å². The van der Waals surface area contributed by atoms with Crippen LogP contribution in [-0.4, -0.2) is 60.0 Å². The number of carbonyl (C=O) groups excluding carboxylic acids is 1. The van der Waals surface area contributed by atoms with Gasteiger partial charge in [0, 0.05) is 43.0 Å². The highest BCUT2D eigenvalue weighted by Gasteiger charge is 2.10. The third kappa shape index (κ3) is 4.43. The summed E-state index contributed by atoms with van der Waals surface area (Å²) in [5, 5.41) is 8.97. The number of fused-ring (bicyclic) bond motifs is 1. The fraction of sp³-hybridized carbons (Fsp3) is 0.500. The summed E-state index contributed by atoms with van der Waals surface area (Å²) in [6.07, 6.45) is 2.19. The van der Waals surface area contributed by atoms with Gasteiger partial charge in [-0.25, -0.2) is 0 Å². The van der Waals surface area contributed by atoms with E-state index in [-0.39, 0.29) is 5.91 Å². The van der Waals surface area contributed by atoms with E-state index >= 15 is 0 Å². The molecule has 0 radical (unpaired) electrons. The Bertz CT molecular complexity index is 667. The molecule has 1 amide bonds. The maximum absolute atomic E-state index is 12.0. The minimum Gasteiger partial charge on any atom is -0.379 e. The monoisotopic (exact) mass is 336 g/mol. The van der Waals surface area contributed by atoms with Gasteiger partial charge < -0.3 is 10.1 Å².